The van der Waals surface area contributed by atoms with Crippen molar-refractivity contribution in [1.29, 1.82) is 0 Å². The molecule has 0 unspecified atom stereocenters. The quantitative estimate of drug-likeness (QED) is 0.942. The van der Waals surface area contributed by atoms with Crippen LogP contribution in [0.2, 0.25) is 0 Å². The SMILES string of the molecule is O=C(OCc1ccccc1)N1CC(C(=O)O)(c2ccccc2)C1. The Labute approximate surface area is 134 Å². The molecule has 23 heavy (non-hydrogen) atoms. The minimum atomic E-state index is -1.03. The van der Waals surface area contributed by atoms with Gasteiger partial charge in [0.25, 0.3) is 0 Å². The molecule has 1 heterocycles. The van der Waals surface area contributed by atoms with Crippen LogP contribution in [0.3, 0.4) is 0 Å². The number of carboxylic acid groups (broad SMARTS) is 1. The molecule has 1 aliphatic heterocycles. The van der Waals surface area contributed by atoms with Crippen molar-refractivity contribution in [2.45, 2.75) is 12.0 Å². The first kappa shape index (κ1) is 15.1. The lowest BCUT2D eigenvalue weighted by Gasteiger charge is -2.46. The van der Waals surface area contributed by atoms with Gasteiger partial charge >= 0.3 is 12.1 Å². The van der Waals surface area contributed by atoms with Gasteiger partial charge in [-0.1, -0.05) is 60.7 Å². The van der Waals surface area contributed by atoms with Crippen molar-refractivity contribution in [1.82, 2.24) is 4.90 Å². The third-order valence-corrected chi connectivity index (χ3v) is 4.12. The molecule has 0 aliphatic carbocycles. The van der Waals surface area contributed by atoms with Crippen molar-refractivity contribution in [2.24, 2.45) is 0 Å². The first-order valence-electron chi connectivity index (χ1n) is 7.36. The van der Waals surface area contributed by atoms with Gasteiger partial charge in [-0.05, 0) is 11.1 Å². The van der Waals surface area contributed by atoms with Gasteiger partial charge in [0, 0.05) is 13.1 Å². The number of nitrogens with zero attached hydrogens (tertiary/aromatic N) is 1. The van der Waals surface area contributed by atoms with Crippen LogP contribution in [0.1, 0.15) is 11.1 Å². The van der Waals surface area contributed by atoms with Gasteiger partial charge in [0.05, 0.1) is 0 Å². The number of aliphatic carboxylic acids is 1. The van der Waals surface area contributed by atoms with Crippen LogP contribution in [-0.2, 0) is 21.6 Å². The highest BCUT2D eigenvalue weighted by Gasteiger charge is 2.53. The Morgan fingerprint density at radius 1 is 1.00 bits per heavy atom. The molecule has 1 saturated heterocycles. The van der Waals surface area contributed by atoms with Crippen molar-refractivity contribution in [2.75, 3.05) is 13.1 Å². The maximum atomic E-state index is 12.1. The predicted molar refractivity (Wildman–Crippen MR) is 84.0 cm³/mol. The summed E-state index contributed by atoms with van der Waals surface area (Å²) in [7, 11) is 0. The topological polar surface area (TPSA) is 66.8 Å². The average Bonchev–Trinajstić information content (AvgIpc) is 2.53. The van der Waals surface area contributed by atoms with Crippen molar-refractivity contribution < 1.29 is 19.4 Å². The molecule has 1 N–H and O–H groups in total. The highest BCUT2D eigenvalue weighted by molar-refractivity contribution is 5.86. The fraction of sp³-hybridized carbons (Fsp3) is 0.222. The lowest BCUT2D eigenvalue weighted by molar-refractivity contribution is -0.150. The minimum Gasteiger partial charge on any atom is -0.480 e. The number of hydrogen-bond donors (Lipinski definition) is 1. The number of carbonyl (C=O) groups excluding carboxylic acids is 1. The van der Waals surface area contributed by atoms with Gasteiger partial charge < -0.3 is 14.7 Å². The first-order valence-corrected chi connectivity index (χ1v) is 7.36. The Morgan fingerprint density at radius 2 is 1.57 bits per heavy atom. The molecular weight excluding hydrogens is 294 g/mol. The second-order valence-corrected chi connectivity index (χ2v) is 5.65. The molecule has 5 nitrogen and oxygen atoms in total. The summed E-state index contributed by atoms with van der Waals surface area (Å²) in [5.74, 6) is -0.921. The van der Waals surface area contributed by atoms with E-state index >= 15 is 0 Å². The lowest BCUT2D eigenvalue weighted by Crippen LogP contribution is -2.65. The number of benzene rings is 2. The summed E-state index contributed by atoms with van der Waals surface area (Å²) < 4.78 is 5.24. The van der Waals surface area contributed by atoms with E-state index in [0.29, 0.717) is 5.56 Å². The van der Waals surface area contributed by atoms with E-state index in [-0.39, 0.29) is 19.7 Å². The molecule has 1 fully saturated rings. The van der Waals surface area contributed by atoms with Crippen LogP contribution in [0, 0.1) is 0 Å². The van der Waals surface area contributed by atoms with E-state index in [1.165, 1.54) is 4.90 Å². The first-order chi connectivity index (χ1) is 11.1. The average molecular weight is 311 g/mol. The maximum absolute atomic E-state index is 12.1. The number of likely N-dealkylation sites (tertiary alicyclic amines) is 1. The summed E-state index contributed by atoms with van der Waals surface area (Å²) in [6, 6.07) is 18.4. The van der Waals surface area contributed by atoms with Gasteiger partial charge in [-0.3, -0.25) is 4.79 Å². The standard InChI is InChI=1S/C18H17NO4/c20-16(21)18(15-9-5-2-6-10-15)12-19(13-18)17(22)23-11-14-7-3-1-4-8-14/h1-10H,11-13H2,(H,20,21). The van der Waals surface area contributed by atoms with Gasteiger partial charge in [-0.15, -0.1) is 0 Å². The minimum absolute atomic E-state index is 0.125. The maximum Gasteiger partial charge on any atom is 0.410 e. The third-order valence-electron chi connectivity index (χ3n) is 4.12. The Kier molecular flexibility index (Phi) is 4.02. The fourth-order valence-electron chi connectivity index (χ4n) is 2.74. The van der Waals surface area contributed by atoms with Crippen molar-refractivity contribution in [3.63, 3.8) is 0 Å². The molecule has 118 valence electrons. The fourth-order valence-corrected chi connectivity index (χ4v) is 2.74. The highest BCUT2D eigenvalue weighted by atomic mass is 16.6. The third kappa shape index (κ3) is 2.90. The highest BCUT2D eigenvalue weighted by Crippen LogP contribution is 2.35. The van der Waals surface area contributed by atoms with Crippen molar-refractivity contribution >= 4 is 12.1 Å². The van der Waals surface area contributed by atoms with Gasteiger partial charge in [-0.25, -0.2) is 4.79 Å². The van der Waals surface area contributed by atoms with Gasteiger partial charge in [-0.2, -0.15) is 0 Å². The molecule has 2 aromatic rings. The summed E-state index contributed by atoms with van der Waals surface area (Å²) in [4.78, 5) is 25.1. The van der Waals surface area contributed by atoms with Crippen LogP contribution < -0.4 is 0 Å². The Morgan fingerprint density at radius 3 is 2.13 bits per heavy atom. The zero-order valence-corrected chi connectivity index (χ0v) is 12.5. The molecule has 0 bridgehead atoms. The number of rotatable bonds is 4. The summed E-state index contributed by atoms with van der Waals surface area (Å²) in [5, 5.41) is 9.57. The van der Waals surface area contributed by atoms with E-state index < -0.39 is 17.5 Å². The van der Waals surface area contributed by atoms with Crippen LogP contribution in [0.15, 0.2) is 60.7 Å². The monoisotopic (exact) mass is 311 g/mol. The lowest BCUT2D eigenvalue weighted by atomic mass is 9.74. The van der Waals surface area contributed by atoms with Crippen LogP contribution in [0.4, 0.5) is 4.79 Å². The number of ether oxygens (including phenoxy) is 1. The van der Waals surface area contributed by atoms with Crippen LogP contribution >= 0.6 is 0 Å². The zero-order chi connectivity index (χ0) is 16.3. The Balaban J connectivity index is 1.62. The van der Waals surface area contributed by atoms with E-state index in [2.05, 4.69) is 0 Å². The normalized spacial score (nSPS) is 15.6. The van der Waals surface area contributed by atoms with E-state index in [9.17, 15) is 14.7 Å². The number of hydrogen-bond acceptors (Lipinski definition) is 3. The molecule has 5 heteroatoms. The van der Waals surface area contributed by atoms with Gasteiger partial charge in [0.15, 0.2) is 0 Å². The molecule has 0 aromatic heterocycles. The second-order valence-electron chi connectivity index (χ2n) is 5.65. The predicted octanol–water partition coefficient (Wildman–Crippen LogP) is 2.66. The molecule has 1 amide bonds. The Hall–Kier alpha value is -2.82. The van der Waals surface area contributed by atoms with Gasteiger partial charge in [0.2, 0.25) is 0 Å². The van der Waals surface area contributed by atoms with E-state index in [1.54, 1.807) is 24.3 Å². The van der Waals surface area contributed by atoms with Gasteiger partial charge in [0.1, 0.15) is 12.0 Å². The van der Waals surface area contributed by atoms with E-state index in [1.807, 2.05) is 36.4 Å². The summed E-state index contributed by atoms with van der Waals surface area (Å²) in [6.07, 6.45) is -0.485. The summed E-state index contributed by atoms with van der Waals surface area (Å²) in [5.41, 5.74) is 0.570. The number of carboxylic acids is 1. The second kappa shape index (κ2) is 6.12. The summed E-state index contributed by atoms with van der Waals surface area (Å²) >= 11 is 0. The smallest absolute Gasteiger partial charge is 0.410 e. The number of carbonyl (C=O) groups is 2. The molecule has 0 radical (unpaired) electrons. The van der Waals surface area contributed by atoms with Crippen molar-refractivity contribution in [3.05, 3.63) is 71.8 Å². The zero-order valence-electron chi connectivity index (χ0n) is 12.5. The molecular formula is C18H17NO4. The van der Waals surface area contributed by atoms with Crippen molar-refractivity contribution in [3.8, 4) is 0 Å². The summed E-state index contributed by atoms with van der Waals surface area (Å²) in [6.45, 7) is 0.432. The molecule has 2 aromatic carbocycles. The van der Waals surface area contributed by atoms with Crippen LogP contribution in [0.5, 0.6) is 0 Å². The van der Waals surface area contributed by atoms with E-state index in [0.717, 1.165) is 5.56 Å². The van der Waals surface area contributed by atoms with Crippen LogP contribution in [-0.4, -0.2) is 35.2 Å². The Bertz CT molecular complexity index is 693. The largest absolute Gasteiger partial charge is 0.480 e. The van der Waals surface area contributed by atoms with Crippen LogP contribution in [0.25, 0.3) is 0 Å². The molecule has 0 atom stereocenters. The number of amides is 1. The molecule has 0 spiro atoms. The molecule has 0 saturated carbocycles. The molecule has 3 rings (SSSR count). The molecule has 1 aliphatic rings. The van der Waals surface area contributed by atoms with E-state index in [4.69, 9.17) is 4.74 Å².